The molecule has 2 unspecified atom stereocenters. The van der Waals surface area contributed by atoms with Crippen LogP contribution in [0.15, 0.2) is 18.2 Å². The first-order valence-corrected chi connectivity index (χ1v) is 7.77. The molecule has 2 rings (SSSR count). The maximum atomic E-state index is 13.4. The Hall–Kier alpha value is -0.650. The van der Waals surface area contributed by atoms with Crippen molar-refractivity contribution in [3.8, 4) is 0 Å². The van der Waals surface area contributed by atoms with Crippen LogP contribution in [0.3, 0.4) is 0 Å². The van der Waals surface area contributed by atoms with Crippen LogP contribution in [-0.2, 0) is 6.54 Å². The van der Waals surface area contributed by atoms with Crippen molar-refractivity contribution in [1.82, 2.24) is 4.90 Å². The fourth-order valence-electron chi connectivity index (χ4n) is 2.59. The van der Waals surface area contributed by atoms with Gasteiger partial charge in [-0.05, 0) is 23.8 Å². The molecular formula is C14H19FN2S2. The molecule has 1 aliphatic rings. The van der Waals surface area contributed by atoms with Gasteiger partial charge in [-0.2, -0.15) is 11.8 Å². The summed E-state index contributed by atoms with van der Waals surface area (Å²) in [6.45, 7) is 7.20. The predicted octanol–water partition coefficient (Wildman–Crippen LogP) is 2.79. The lowest BCUT2D eigenvalue weighted by Crippen LogP contribution is -2.40. The van der Waals surface area contributed by atoms with Gasteiger partial charge in [-0.25, -0.2) is 4.39 Å². The first kappa shape index (κ1) is 14.8. The Bertz CT molecular complexity index is 469. The van der Waals surface area contributed by atoms with E-state index in [1.165, 1.54) is 6.07 Å². The van der Waals surface area contributed by atoms with Crippen molar-refractivity contribution in [2.24, 2.45) is 5.73 Å². The molecule has 0 aliphatic carbocycles. The minimum absolute atomic E-state index is 0.234. The summed E-state index contributed by atoms with van der Waals surface area (Å²) in [6, 6.07) is 4.64. The molecule has 5 heteroatoms. The number of halogens is 1. The molecule has 0 bridgehead atoms. The molecule has 1 heterocycles. The number of hydrogen-bond acceptors (Lipinski definition) is 3. The van der Waals surface area contributed by atoms with Crippen LogP contribution in [0.5, 0.6) is 0 Å². The maximum Gasteiger partial charge on any atom is 0.123 e. The van der Waals surface area contributed by atoms with Gasteiger partial charge in [0, 0.05) is 35.7 Å². The van der Waals surface area contributed by atoms with Gasteiger partial charge in [0.05, 0.1) is 0 Å². The fourth-order valence-corrected chi connectivity index (χ4v) is 4.17. The standard InChI is InChI=1S/C14H19FN2S2/c1-9-6-17(7-10(2)19-9)8-11-5-12(15)3-4-13(11)14(16)18/h3-5,9-10H,6-8H2,1-2H3,(H2,16,18). The van der Waals surface area contributed by atoms with E-state index in [0.717, 1.165) is 24.2 Å². The molecule has 1 fully saturated rings. The topological polar surface area (TPSA) is 29.3 Å². The molecule has 0 aromatic heterocycles. The van der Waals surface area contributed by atoms with E-state index in [2.05, 4.69) is 18.7 Å². The lowest BCUT2D eigenvalue weighted by Gasteiger charge is -2.34. The van der Waals surface area contributed by atoms with E-state index in [1.54, 1.807) is 12.1 Å². The quantitative estimate of drug-likeness (QED) is 0.869. The van der Waals surface area contributed by atoms with Crippen LogP contribution >= 0.6 is 24.0 Å². The molecule has 1 aliphatic heterocycles. The monoisotopic (exact) mass is 298 g/mol. The summed E-state index contributed by atoms with van der Waals surface area (Å²) in [6.07, 6.45) is 0. The molecule has 0 spiro atoms. The van der Waals surface area contributed by atoms with Gasteiger partial charge < -0.3 is 5.73 Å². The molecule has 0 amide bonds. The minimum Gasteiger partial charge on any atom is -0.389 e. The van der Waals surface area contributed by atoms with Crippen LogP contribution < -0.4 is 5.73 Å². The van der Waals surface area contributed by atoms with Crippen LogP contribution in [-0.4, -0.2) is 33.5 Å². The largest absolute Gasteiger partial charge is 0.389 e. The molecular weight excluding hydrogens is 279 g/mol. The highest BCUT2D eigenvalue weighted by molar-refractivity contribution is 8.00. The maximum absolute atomic E-state index is 13.4. The van der Waals surface area contributed by atoms with Crippen molar-refractivity contribution in [1.29, 1.82) is 0 Å². The summed E-state index contributed by atoms with van der Waals surface area (Å²) in [4.78, 5) is 2.69. The molecule has 19 heavy (non-hydrogen) atoms. The van der Waals surface area contributed by atoms with Gasteiger partial charge in [-0.15, -0.1) is 0 Å². The third kappa shape index (κ3) is 3.91. The molecule has 1 saturated heterocycles. The normalized spacial score (nSPS) is 24.4. The van der Waals surface area contributed by atoms with Crippen molar-refractivity contribution in [2.75, 3.05) is 13.1 Å². The van der Waals surface area contributed by atoms with Gasteiger partial charge in [0.2, 0.25) is 0 Å². The zero-order valence-electron chi connectivity index (χ0n) is 11.2. The first-order chi connectivity index (χ1) is 8.95. The summed E-state index contributed by atoms with van der Waals surface area (Å²) in [5.74, 6) is -0.234. The van der Waals surface area contributed by atoms with Crippen LogP contribution in [0.1, 0.15) is 25.0 Å². The smallest absolute Gasteiger partial charge is 0.123 e. The Kier molecular flexibility index (Phi) is 4.81. The number of nitrogens with two attached hydrogens (primary N) is 1. The molecule has 0 saturated carbocycles. The summed E-state index contributed by atoms with van der Waals surface area (Å²) in [7, 11) is 0. The predicted molar refractivity (Wildman–Crippen MR) is 84.1 cm³/mol. The van der Waals surface area contributed by atoms with Crippen molar-refractivity contribution >= 4 is 29.0 Å². The Morgan fingerprint density at radius 2 is 2.05 bits per heavy atom. The average Bonchev–Trinajstić information content (AvgIpc) is 2.26. The van der Waals surface area contributed by atoms with Gasteiger partial charge in [0.15, 0.2) is 0 Å². The van der Waals surface area contributed by atoms with E-state index in [-0.39, 0.29) is 5.82 Å². The van der Waals surface area contributed by atoms with Gasteiger partial charge in [-0.1, -0.05) is 26.1 Å². The summed E-state index contributed by atoms with van der Waals surface area (Å²) in [5, 5.41) is 1.20. The Morgan fingerprint density at radius 3 is 2.63 bits per heavy atom. The van der Waals surface area contributed by atoms with Crippen molar-refractivity contribution in [3.05, 3.63) is 35.1 Å². The highest BCUT2D eigenvalue weighted by atomic mass is 32.2. The molecule has 2 N–H and O–H groups in total. The third-order valence-corrected chi connectivity index (χ3v) is 4.67. The zero-order valence-corrected chi connectivity index (χ0v) is 12.9. The average molecular weight is 298 g/mol. The summed E-state index contributed by atoms with van der Waals surface area (Å²) < 4.78 is 13.4. The molecule has 1 aromatic rings. The zero-order chi connectivity index (χ0) is 14.0. The lowest BCUT2D eigenvalue weighted by atomic mass is 10.1. The van der Waals surface area contributed by atoms with Crippen LogP contribution in [0.4, 0.5) is 4.39 Å². The Balaban J connectivity index is 2.18. The molecule has 1 aromatic carbocycles. The number of hydrogen-bond donors (Lipinski definition) is 1. The summed E-state index contributed by atoms with van der Waals surface area (Å²) in [5.41, 5.74) is 7.39. The second-order valence-corrected chi connectivity index (χ2v) is 7.44. The molecule has 2 nitrogen and oxygen atoms in total. The van der Waals surface area contributed by atoms with Crippen LogP contribution in [0.2, 0.25) is 0 Å². The van der Waals surface area contributed by atoms with Gasteiger partial charge >= 0.3 is 0 Å². The highest BCUT2D eigenvalue weighted by Gasteiger charge is 2.23. The second-order valence-electron chi connectivity index (χ2n) is 5.12. The van der Waals surface area contributed by atoms with Gasteiger partial charge in [0.25, 0.3) is 0 Å². The number of nitrogens with zero attached hydrogens (tertiary/aromatic N) is 1. The van der Waals surface area contributed by atoms with E-state index < -0.39 is 0 Å². The molecule has 0 radical (unpaired) electrons. The Labute approximate surface area is 123 Å². The van der Waals surface area contributed by atoms with Crippen LogP contribution in [0.25, 0.3) is 0 Å². The van der Waals surface area contributed by atoms with Crippen molar-refractivity contribution in [3.63, 3.8) is 0 Å². The number of rotatable bonds is 3. The van der Waals surface area contributed by atoms with Gasteiger partial charge in [0.1, 0.15) is 10.8 Å². The molecule has 2 atom stereocenters. The fraction of sp³-hybridized carbons (Fsp3) is 0.500. The minimum atomic E-state index is -0.234. The highest BCUT2D eigenvalue weighted by Crippen LogP contribution is 2.26. The number of thioether (sulfide) groups is 1. The summed E-state index contributed by atoms with van der Waals surface area (Å²) >= 11 is 7.04. The van der Waals surface area contributed by atoms with E-state index in [0.29, 0.717) is 22.0 Å². The first-order valence-electron chi connectivity index (χ1n) is 6.41. The van der Waals surface area contributed by atoms with Crippen molar-refractivity contribution < 1.29 is 4.39 Å². The van der Waals surface area contributed by atoms with Gasteiger partial charge in [-0.3, -0.25) is 4.90 Å². The molecule has 104 valence electrons. The third-order valence-electron chi connectivity index (χ3n) is 3.22. The number of benzene rings is 1. The second kappa shape index (κ2) is 6.20. The van der Waals surface area contributed by atoms with E-state index in [1.807, 2.05) is 11.8 Å². The Morgan fingerprint density at radius 1 is 1.42 bits per heavy atom. The van der Waals surface area contributed by atoms with Crippen LogP contribution in [0, 0.1) is 5.82 Å². The van der Waals surface area contributed by atoms with Crippen molar-refractivity contribution in [2.45, 2.75) is 30.9 Å². The number of thiocarbonyl (C=S) groups is 1. The van der Waals surface area contributed by atoms with E-state index in [4.69, 9.17) is 18.0 Å². The van der Waals surface area contributed by atoms with E-state index >= 15 is 0 Å². The SMILES string of the molecule is CC1CN(Cc2cc(F)ccc2C(N)=S)CC(C)S1. The van der Waals surface area contributed by atoms with E-state index in [9.17, 15) is 4.39 Å². The lowest BCUT2D eigenvalue weighted by molar-refractivity contribution is 0.262.